The van der Waals surface area contributed by atoms with E-state index in [-0.39, 0.29) is 22.5 Å². The smallest absolute Gasteiger partial charge is 0.313 e. The highest BCUT2D eigenvalue weighted by molar-refractivity contribution is 7.99. The molecule has 106 valence electrons. The Balaban J connectivity index is 2.34. The molecule has 0 amide bonds. The van der Waals surface area contributed by atoms with Crippen LogP contribution in [0.25, 0.3) is 4.85 Å². The van der Waals surface area contributed by atoms with Gasteiger partial charge in [0.2, 0.25) is 0 Å². The van der Waals surface area contributed by atoms with Crippen molar-refractivity contribution in [2.24, 2.45) is 0 Å². The number of aromatic nitrogens is 2. The number of carboxylic acid groups (broad SMARTS) is 1. The number of aliphatic carboxylic acids is 1. The number of carboxylic acids is 1. The van der Waals surface area contributed by atoms with Crippen molar-refractivity contribution in [2.75, 3.05) is 5.75 Å². The van der Waals surface area contributed by atoms with Crippen molar-refractivity contribution in [2.45, 2.75) is 43.2 Å². The predicted molar refractivity (Wildman–Crippen MR) is 75.3 cm³/mol. The van der Waals surface area contributed by atoms with E-state index in [2.05, 4.69) is 14.8 Å². The molecule has 6 nitrogen and oxygen atoms in total. The zero-order valence-corrected chi connectivity index (χ0v) is 11.7. The zero-order chi connectivity index (χ0) is 14.5. The SMILES string of the molecule is [C-]#[N+]c1c(C2CCCCC2)nc(SCC(=O)O)[nH]c1=O. The number of nitrogens with zero attached hydrogens (tertiary/aromatic N) is 2. The lowest BCUT2D eigenvalue weighted by Crippen LogP contribution is -2.16. The summed E-state index contributed by atoms with van der Waals surface area (Å²) in [6.07, 6.45) is 5.19. The molecule has 0 unspecified atom stereocenters. The Kier molecular flexibility index (Phi) is 4.79. The number of H-pyrrole nitrogens is 1. The van der Waals surface area contributed by atoms with E-state index in [1.54, 1.807) is 0 Å². The molecule has 1 aliphatic rings. The van der Waals surface area contributed by atoms with Crippen LogP contribution in [-0.2, 0) is 4.79 Å². The van der Waals surface area contributed by atoms with Gasteiger partial charge in [0.25, 0.3) is 11.2 Å². The highest BCUT2D eigenvalue weighted by atomic mass is 32.2. The molecule has 1 aromatic rings. The number of hydrogen-bond acceptors (Lipinski definition) is 4. The van der Waals surface area contributed by atoms with E-state index in [0.717, 1.165) is 37.4 Å². The van der Waals surface area contributed by atoms with Crippen molar-refractivity contribution in [3.63, 3.8) is 0 Å². The van der Waals surface area contributed by atoms with Gasteiger partial charge in [0.1, 0.15) is 0 Å². The fraction of sp³-hybridized carbons (Fsp3) is 0.538. The van der Waals surface area contributed by atoms with Crippen molar-refractivity contribution < 1.29 is 9.90 Å². The van der Waals surface area contributed by atoms with Crippen molar-refractivity contribution in [1.82, 2.24) is 9.97 Å². The lowest BCUT2D eigenvalue weighted by molar-refractivity contribution is -0.133. The molecule has 0 bridgehead atoms. The summed E-state index contributed by atoms with van der Waals surface area (Å²) in [7, 11) is 0. The Labute approximate surface area is 120 Å². The first-order valence-corrected chi connectivity index (χ1v) is 7.46. The zero-order valence-electron chi connectivity index (χ0n) is 10.9. The van der Waals surface area contributed by atoms with Crippen LogP contribution in [-0.4, -0.2) is 26.8 Å². The van der Waals surface area contributed by atoms with Crippen molar-refractivity contribution in [3.8, 4) is 0 Å². The van der Waals surface area contributed by atoms with Crippen LogP contribution in [0.15, 0.2) is 9.95 Å². The quantitative estimate of drug-likeness (QED) is 0.506. The van der Waals surface area contributed by atoms with Gasteiger partial charge in [0, 0.05) is 0 Å². The van der Waals surface area contributed by atoms with Gasteiger partial charge in [-0.25, -0.2) is 9.83 Å². The Morgan fingerprint density at radius 3 is 2.75 bits per heavy atom. The number of hydrogen-bond donors (Lipinski definition) is 2. The third-order valence-corrected chi connectivity index (χ3v) is 4.19. The van der Waals surface area contributed by atoms with E-state index < -0.39 is 11.5 Å². The molecule has 1 aliphatic carbocycles. The van der Waals surface area contributed by atoms with Gasteiger partial charge in [-0.3, -0.25) is 9.59 Å². The second kappa shape index (κ2) is 6.57. The van der Waals surface area contributed by atoms with Crippen LogP contribution in [0.3, 0.4) is 0 Å². The number of thioether (sulfide) groups is 1. The van der Waals surface area contributed by atoms with E-state index in [4.69, 9.17) is 11.7 Å². The average Bonchev–Trinajstić information content (AvgIpc) is 2.45. The molecule has 0 spiro atoms. The number of carbonyl (C=O) groups is 1. The highest BCUT2D eigenvalue weighted by Crippen LogP contribution is 2.35. The summed E-state index contributed by atoms with van der Waals surface area (Å²) in [6.45, 7) is 7.15. The maximum atomic E-state index is 11.9. The first-order chi connectivity index (χ1) is 9.61. The molecule has 0 aliphatic heterocycles. The molecular formula is C13H15N3O3S. The average molecular weight is 293 g/mol. The fourth-order valence-corrected chi connectivity index (χ4v) is 3.02. The summed E-state index contributed by atoms with van der Waals surface area (Å²) in [6, 6.07) is 0. The second-order valence-electron chi connectivity index (χ2n) is 4.73. The minimum absolute atomic E-state index is 0.0524. The summed E-state index contributed by atoms with van der Waals surface area (Å²) in [5.74, 6) is -0.991. The summed E-state index contributed by atoms with van der Waals surface area (Å²) >= 11 is 0.971. The van der Waals surface area contributed by atoms with Crippen LogP contribution >= 0.6 is 11.8 Å². The van der Waals surface area contributed by atoms with E-state index in [1.807, 2.05) is 0 Å². The second-order valence-corrected chi connectivity index (χ2v) is 5.70. The molecule has 1 fully saturated rings. The van der Waals surface area contributed by atoms with E-state index in [0.29, 0.717) is 5.69 Å². The molecule has 0 radical (unpaired) electrons. The van der Waals surface area contributed by atoms with Crippen molar-refractivity contribution in [3.05, 3.63) is 27.5 Å². The monoisotopic (exact) mass is 293 g/mol. The molecule has 2 rings (SSSR count). The third kappa shape index (κ3) is 3.39. The van der Waals surface area contributed by atoms with Gasteiger partial charge in [-0.05, 0) is 18.8 Å². The number of rotatable bonds is 4. The molecule has 20 heavy (non-hydrogen) atoms. The normalized spacial score (nSPS) is 15.8. The molecular weight excluding hydrogens is 278 g/mol. The molecule has 1 heterocycles. The van der Waals surface area contributed by atoms with Gasteiger partial charge >= 0.3 is 5.97 Å². The summed E-state index contributed by atoms with van der Waals surface area (Å²) in [5.41, 5.74) is 0.122. The summed E-state index contributed by atoms with van der Waals surface area (Å²) < 4.78 is 0. The Hall–Kier alpha value is -1.81. The van der Waals surface area contributed by atoms with E-state index in [1.165, 1.54) is 6.42 Å². The van der Waals surface area contributed by atoms with Gasteiger partial charge in [-0.1, -0.05) is 31.0 Å². The highest BCUT2D eigenvalue weighted by Gasteiger charge is 2.23. The molecule has 1 aromatic heterocycles. The van der Waals surface area contributed by atoms with Crippen LogP contribution in [0.4, 0.5) is 5.69 Å². The fourth-order valence-electron chi connectivity index (χ4n) is 2.43. The van der Waals surface area contributed by atoms with Crippen LogP contribution in [0.1, 0.15) is 43.7 Å². The first kappa shape index (κ1) is 14.6. The standard InChI is InChI=1S/C13H15N3O3S/c1-14-11-10(8-5-3-2-4-6-8)15-13(16-12(11)19)20-7-9(17)18/h8H,2-7H2,(H,17,18)(H,15,16,19). The van der Waals surface area contributed by atoms with Gasteiger partial charge < -0.3 is 10.1 Å². The molecule has 0 aromatic carbocycles. The van der Waals surface area contributed by atoms with Crippen LogP contribution < -0.4 is 5.56 Å². The van der Waals surface area contributed by atoms with Crippen LogP contribution in [0.5, 0.6) is 0 Å². The predicted octanol–water partition coefficient (Wildman–Crippen LogP) is 2.55. The Morgan fingerprint density at radius 1 is 1.45 bits per heavy atom. The minimum Gasteiger partial charge on any atom is -0.481 e. The van der Waals surface area contributed by atoms with Gasteiger partial charge in [0.15, 0.2) is 5.16 Å². The topological polar surface area (TPSA) is 87.4 Å². The van der Waals surface area contributed by atoms with E-state index >= 15 is 0 Å². The lowest BCUT2D eigenvalue weighted by Gasteiger charge is -2.22. The van der Waals surface area contributed by atoms with Gasteiger partial charge in [-0.2, -0.15) is 0 Å². The molecule has 1 saturated carbocycles. The maximum Gasteiger partial charge on any atom is 0.313 e. The molecule has 7 heteroatoms. The lowest BCUT2D eigenvalue weighted by atomic mass is 9.86. The summed E-state index contributed by atoms with van der Waals surface area (Å²) in [5, 5.41) is 8.96. The molecule has 0 saturated heterocycles. The Morgan fingerprint density at radius 2 is 2.15 bits per heavy atom. The first-order valence-electron chi connectivity index (χ1n) is 6.48. The molecule has 2 N–H and O–H groups in total. The molecule has 0 atom stereocenters. The summed E-state index contributed by atoms with van der Waals surface area (Å²) in [4.78, 5) is 32.6. The number of aromatic amines is 1. The number of nitrogens with one attached hydrogen (secondary N) is 1. The van der Waals surface area contributed by atoms with Gasteiger partial charge in [-0.15, -0.1) is 0 Å². The Bertz CT molecular complexity index is 600. The minimum atomic E-state index is -0.967. The van der Waals surface area contributed by atoms with Crippen molar-refractivity contribution >= 4 is 23.4 Å². The maximum absolute atomic E-state index is 11.9. The van der Waals surface area contributed by atoms with Crippen LogP contribution in [0, 0.1) is 6.57 Å². The van der Waals surface area contributed by atoms with E-state index in [9.17, 15) is 9.59 Å². The third-order valence-electron chi connectivity index (χ3n) is 3.34. The van der Waals surface area contributed by atoms with Crippen LogP contribution in [0.2, 0.25) is 0 Å². The largest absolute Gasteiger partial charge is 0.481 e. The van der Waals surface area contributed by atoms with Crippen molar-refractivity contribution in [1.29, 1.82) is 0 Å². The van der Waals surface area contributed by atoms with Gasteiger partial charge in [0.05, 0.1) is 18.0 Å².